The largest absolute Gasteiger partial charge is 0.378 e. The second kappa shape index (κ2) is 10.5. The monoisotopic (exact) mass is 418 g/mol. The topological polar surface area (TPSA) is 33.1 Å². The van der Waals surface area contributed by atoms with Gasteiger partial charge in [-0.3, -0.25) is 0 Å². The van der Waals surface area contributed by atoms with Gasteiger partial charge in [0.2, 0.25) is 0 Å². The molecule has 2 aromatic rings. The molecular formula is C27H38N4. The average Bonchev–Trinajstić information content (AvgIpc) is 3.40. The first-order valence-corrected chi connectivity index (χ1v) is 11.5. The van der Waals surface area contributed by atoms with Crippen LogP contribution in [0.4, 0.5) is 0 Å². The number of nitrogens with one attached hydrogen (secondary N) is 1. The molecule has 0 spiro atoms. The molecule has 31 heavy (non-hydrogen) atoms. The van der Waals surface area contributed by atoms with E-state index in [2.05, 4.69) is 86.6 Å². The molecule has 0 amide bonds. The average molecular weight is 419 g/mol. The van der Waals surface area contributed by atoms with Crippen LogP contribution in [0, 0.1) is 26.7 Å². The Morgan fingerprint density at radius 1 is 1.16 bits per heavy atom. The number of nitrogens with zero attached hydrogens (tertiary/aromatic N) is 3. The minimum absolute atomic E-state index is 0.681. The van der Waals surface area contributed by atoms with Gasteiger partial charge in [-0.1, -0.05) is 50.3 Å². The third-order valence-electron chi connectivity index (χ3n) is 6.58. The Labute approximate surface area is 188 Å². The van der Waals surface area contributed by atoms with E-state index >= 15 is 0 Å². The summed E-state index contributed by atoms with van der Waals surface area (Å²) in [7, 11) is 2.18. The number of hydrogen-bond acceptors (Lipinski definition) is 3. The zero-order valence-corrected chi connectivity index (χ0v) is 19.7. The second-order valence-corrected chi connectivity index (χ2v) is 8.87. The van der Waals surface area contributed by atoms with Crippen LogP contribution in [0.5, 0.6) is 0 Å². The summed E-state index contributed by atoms with van der Waals surface area (Å²) in [5, 5.41) is 8.22. The molecule has 1 aliphatic rings. The normalized spacial score (nSPS) is 14.6. The van der Waals surface area contributed by atoms with Gasteiger partial charge in [0.1, 0.15) is 5.82 Å². The number of allylic oxidation sites excluding steroid dienone is 3. The van der Waals surface area contributed by atoms with Gasteiger partial charge in [0.25, 0.3) is 0 Å². The Bertz CT molecular complexity index is 944. The van der Waals surface area contributed by atoms with Gasteiger partial charge in [-0.25, -0.2) is 4.68 Å². The summed E-state index contributed by atoms with van der Waals surface area (Å²) in [4.78, 5) is 2.34. The van der Waals surface area contributed by atoms with Crippen molar-refractivity contribution >= 4 is 11.4 Å². The molecule has 4 heteroatoms. The molecule has 1 N–H and O–H groups in total. The van der Waals surface area contributed by atoms with E-state index in [1.807, 2.05) is 10.9 Å². The third-order valence-corrected chi connectivity index (χ3v) is 6.58. The van der Waals surface area contributed by atoms with Gasteiger partial charge in [0.15, 0.2) is 0 Å². The van der Waals surface area contributed by atoms with Crippen molar-refractivity contribution in [2.45, 2.75) is 52.9 Å². The summed E-state index contributed by atoms with van der Waals surface area (Å²) in [6, 6.07) is 8.37. The van der Waals surface area contributed by atoms with Crippen LogP contribution in [-0.4, -0.2) is 34.8 Å². The molecule has 0 aliphatic heterocycles. The van der Waals surface area contributed by atoms with Crippen molar-refractivity contribution in [2.24, 2.45) is 5.92 Å². The summed E-state index contributed by atoms with van der Waals surface area (Å²) in [6.07, 6.45) is 10.4. The Hall–Kier alpha value is -2.75. The lowest BCUT2D eigenvalue weighted by molar-refractivity contribution is 0.354. The van der Waals surface area contributed by atoms with E-state index in [0.29, 0.717) is 5.92 Å². The predicted octanol–water partition coefficient (Wildman–Crippen LogP) is 5.94. The van der Waals surface area contributed by atoms with Crippen molar-refractivity contribution in [1.82, 2.24) is 20.0 Å². The molecule has 1 aliphatic carbocycles. The van der Waals surface area contributed by atoms with E-state index in [1.54, 1.807) is 0 Å². The first-order chi connectivity index (χ1) is 14.9. The minimum Gasteiger partial charge on any atom is -0.378 e. The molecule has 0 saturated heterocycles. The van der Waals surface area contributed by atoms with Gasteiger partial charge >= 0.3 is 0 Å². The first-order valence-electron chi connectivity index (χ1n) is 11.5. The van der Waals surface area contributed by atoms with E-state index < -0.39 is 0 Å². The van der Waals surface area contributed by atoms with Gasteiger partial charge in [-0.15, -0.1) is 0 Å². The number of aryl methyl sites for hydroxylation is 2. The smallest absolute Gasteiger partial charge is 0.128 e. The highest BCUT2D eigenvalue weighted by atomic mass is 15.3. The molecule has 166 valence electrons. The lowest BCUT2D eigenvalue weighted by Crippen LogP contribution is -2.27. The quantitative estimate of drug-likeness (QED) is 0.383. The molecule has 1 fully saturated rings. The summed E-state index contributed by atoms with van der Waals surface area (Å²) in [5.74, 6) is 1.65. The molecule has 0 bridgehead atoms. The number of hydrogen-bond donors (Lipinski definition) is 1. The fraction of sp³-hybridized carbons (Fsp3) is 0.444. The second-order valence-electron chi connectivity index (χ2n) is 8.87. The zero-order valence-electron chi connectivity index (χ0n) is 19.7. The maximum absolute atomic E-state index is 4.60. The van der Waals surface area contributed by atoms with Gasteiger partial charge in [-0.05, 0) is 74.3 Å². The summed E-state index contributed by atoms with van der Waals surface area (Å²) < 4.78 is 1.99. The zero-order chi connectivity index (χ0) is 22.4. The molecule has 4 nitrogen and oxygen atoms in total. The molecular weight excluding hydrogens is 380 g/mol. The molecule has 0 unspecified atom stereocenters. The molecule has 1 saturated carbocycles. The van der Waals surface area contributed by atoms with Gasteiger partial charge < -0.3 is 10.2 Å². The van der Waals surface area contributed by atoms with Gasteiger partial charge in [-0.2, -0.15) is 5.10 Å². The Kier molecular flexibility index (Phi) is 7.78. The van der Waals surface area contributed by atoms with Gasteiger partial charge in [0.05, 0.1) is 6.20 Å². The van der Waals surface area contributed by atoms with Crippen molar-refractivity contribution < 1.29 is 0 Å². The van der Waals surface area contributed by atoms with E-state index in [-0.39, 0.29) is 0 Å². The van der Waals surface area contributed by atoms with Crippen LogP contribution in [0.2, 0.25) is 0 Å². The number of benzene rings is 1. The molecule has 1 aromatic carbocycles. The fourth-order valence-electron chi connectivity index (χ4n) is 4.34. The van der Waals surface area contributed by atoms with Crippen LogP contribution in [-0.2, 0) is 0 Å². The predicted molar refractivity (Wildman–Crippen MR) is 133 cm³/mol. The first kappa shape index (κ1) is 22.9. The molecule has 0 atom stereocenters. The molecule has 1 aromatic heterocycles. The molecule has 3 rings (SSSR count). The number of aromatic nitrogens is 2. The van der Waals surface area contributed by atoms with Crippen molar-refractivity contribution in [3.05, 3.63) is 77.8 Å². The van der Waals surface area contributed by atoms with E-state index in [4.69, 9.17) is 0 Å². The molecule has 1 heterocycles. The van der Waals surface area contributed by atoms with Crippen LogP contribution in [0.1, 0.15) is 54.5 Å². The Morgan fingerprint density at radius 3 is 2.52 bits per heavy atom. The van der Waals surface area contributed by atoms with E-state index in [0.717, 1.165) is 42.2 Å². The van der Waals surface area contributed by atoms with E-state index in [9.17, 15) is 0 Å². The summed E-state index contributed by atoms with van der Waals surface area (Å²) in [6.45, 7) is 16.9. The standard InChI is InChI=1S/C27H38N4/c1-20-12-7-10-15-26(20)21(2)18-27(31-23(4)22(3)19-29-31)28-16-11-17-30(6)24(5)25-13-8-9-14-25/h7,10,12,15,18-19,25,28H,2,5,8-9,11,13-14,16-17H2,1,3-4,6H3/b27-18-. The van der Waals surface area contributed by atoms with Crippen molar-refractivity contribution in [1.29, 1.82) is 0 Å². The summed E-state index contributed by atoms with van der Waals surface area (Å²) >= 11 is 0. The SMILES string of the molecule is C=C(/C=C(/NCCCN(C)C(=C)C1CCCC1)n1ncc(C)c1C)c1ccccc1C. The Morgan fingerprint density at radius 2 is 1.87 bits per heavy atom. The lowest BCUT2D eigenvalue weighted by atomic mass is 10.0. The van der Waals surface area contributed by atoms with Crippen molar-refractivity contribution in [2.75, 3.05) is 20.1 Å². The van der Waals surface area contributed by atoms with E-state index in [1.165, 1.54) is 42.5 Å². The summed E-state index contributed by atoms with van der Waals surface area (Å²) in [5.41, 5.74) is 7.00. The maximum Gasteiger partial charge on any atom is 0.128 e. The fourth-order valence-corrected chi connectivity index (χ4v) is 4.34. The van der Waals surface area contributed by atoms with Gasteiger partial charge in [0, 0.05) is 31.5 Å². The van der Waals surface area contributed by atoms with Crippen LogP contribution in [0.3, 0.4) is 0 Å². The minimum atomic E-state index is 0.681. The van der Waals surface area contributed by atoms with Crippen molar-refractivity contribution in [3.63, 3.8) is 0 Å². The highest BCUT2D eigenvalue weighted by Crippen LogP contribution is 2.31. The van der Waals surface area contributed by atoms with Crippen LogP contribution in [0.25, 0.3) is 11.4 Å². The highest BCUT2D eigenvalue weighted by Gasteiger charge is 2.20. The maximum atomic E-state index is 4.60. The van der Waals surface area contributed by atoms with Crippen LogP contribution in [0.15, 0.2) is 55.4 Å². The van der Waals surface area contributed by atoms with Crippen LogP contribution < -0.4 is 5.32 Å². The third kappa shape index (κ3) is 5.69. The van der Waals surface area contributed by atoms with Crippen LogP contribution >= 0.6 is 0 Å². The molecule has 0 radical (unpaired) electrons. The lowest BCUT2D eigenvalue weighted by Gasteiger charge is -2.26. The highest BCUT2D eigenvalue weighted by molar-refractivity contribution is 5.79. The van der Waals surface area contributed by atoms with Crippen molar-refractivity contribution in [3.8, 4) is 0 Å². The Balaban J connectivity index is 1.66. The number of rotatable bonds is 10.